The van der Waals surface area contributed by atoms with Crippen molar-refractivity contribution in [1.29, 1.82) is 0 Å². The van der Waals surface area contributed by atoms with Gasteiger partial charge >= 0.3 is 0 Å². The first-order valence-corrected chi connectivity index (χ1v) is 33.7. The fourth-order valence-corrected chi connectivity index (χ4v) is 9.84. The fraction of sp³-hybridized carbons (Fsp3) is 0.716. The van der Waals surface area contributed by atoms with Crippen molar-refractivity contribution in [2.75, 3.05) is 6.61 Å². The Balaban J connectivity index is 3.53. The summed E-state index contributed by atoms with van der Waals surface area (Å²) in [5.74, 6) is -0.0768. The maximum Gasteiger partial charge on any atom is 0.220 e. The van der Waals surface area contributed by atoms with Crippen LogP contribution >= 0.6 is 0 Å². The number of amides is 1. The molecular formula is C74H129NO3. The molecule has 3 N–H and O–H groups in total. The third-order valence-corrected chi connectivity index (χ3v) is 14.9. The van der Waals surface area contributed by atoms with E-state index in [0.29, 0.717) is 6.42 Å². The lowest BCUT2D eigenvalue weighted by Gasteiger charge is -2.19. The van der Waals surface area contributed by atoms with E-state index in [9.17, 15) is 15.0 Å². The maximum absolute atomic E-state index is 12.5. The van der Waals surface area contributed by atoms with Gasteiger partial charge in [0.05, 0.1) is 18.8 Å². The average Bonchev–Trinajstić information content (AvgIpc) is 3.44. The summed E-state index contributed by atoms with van der Waals surface area (Å²) in [5, 5.41) is 23.2. The topological polar surface area (TPSA) is 69.6 Å². The highest BCUT2D eigenvalue weighted by molar-refractivity contribution is 5.76. The predicted molar refractivity (Wildman–Crippen MR) is 349 cm³/mol. The molecule has 0 aliphatic heterocycles. The molecule has 0 rings (SSSR count). The van der Waals surface area contributed by atoms with Crippen LogP contribution in [0.3, 0.4) is 0 Å². The summed E-state index contributed by atoms with van der Waals surface area (Å²) >= 11 is 0. The van der Waals surface area contributed by atoms with Gasteiger partial charge in [0.25, 0.3) is 0 Å². The Morgan fingerprint density at radius 2 is 0.577 bits per heavy atom. The van der Waals surface area contributed by atoms with Gasteiger partial charge in [-0.1, -0.05) is 334 Å². The molecule has 2 atom stereocenters. The Kier molecular flexibility index (Phi) is 65.3. The van der Waals surface area contributed by atoms with Crippen LogP contribution in [0, 0.1) is 0 Å². The minimum atomic E-state index is -0.876. The molecule has 78 heavy (non-hydrogen) atoms. The van der Waals surface area contributed by atoms with Gasteiger partial charge in [-0.05, 0) is 103 Å². The van der Waals surface area contributed by atoms with Crippen LogP contribution < -0.4 is 5.32 Å². The van der Waals surface area contributed by atoms with Crippen LogP contribution in [0.2, 0.25) is 0 Å². The first-order chi connectivity index (χ1) is 38.7. The molecule has 0 aromatic heterocycles. The summed E-state index contributed by atoms with van der Waals surface area (Å²) in [4.78, 5) is 12.5. The highest BCUT2D eigenvalue weighted by Gasteiger charge is 2.18. The number of nitrogens with one attached hydrogen (secondary N) is 1. The molecule has 4 nitrogen and oxygen atoms in total. The summed E-state index contributed by atoms with van der Waals surface area (Å²) in [5.41, 5.74) is 0. The minimum Gasteiger partial charge on any atom is -0.394 e. The monoisotopic (exact) mass is 1080 g/mol. The second-order valence-electron chi connectivity index (χ2n) is 22.5. The van der Waals surface area contributed by atoms with E-state index in [1.165, 1.54) is 218 Å². The molecule has 448 valence electrons. The zero-order valence-electron chi connectivity index (χ0n) is 51.7. The smallest absolute Gasteiger partial charge is 0.220 e. The van der Waals surface area contributed by atoms with Crippen LogP contribution in [-0.2, 0) is 4.79 Å². The normalized spacial score (nSPS) is 13.5. The lowest BCUT2D eigenvalue weighted by molar-refractivity contribution is -0.123. The van der Waals surface area contributed by atoms with E-state index in [2.05, 4.69) is 129 Å². The zero-order valence-corrected chi connectivity index (χ0v) is 51.7. The van der Waals surface area contributed by atoms with Crippen LogP contribution in [0.25, 0.3) is 0 Å². The lowest BCUT2D eigenvalue weighted by atomic mass is 10.0. The van der Waals surface area contributed by atoms with Gasteiger partial charge in [0.1, 0.15) is 0 Å². The van der Waals surface area contributed by atoms with Gasteiger partial charge in [0.15, 0.2) is 0 Å². The van der Waals surface area contributed by atoms with E-state index in [-0.39, 0.29) is 12.5 Å². The molecule has 4 heteroatoms. The Labute approximate surface area is 486 Å². The van der Waals surface area contributed by atoms with Gasteiger partial charge in [-0.2, -0.15) is 0 Å². The molecule has 2 unspecified atom stereocenters. The van der Waals surface area contributed by atoms with Crippen LogP contribution in [0.5, 0.6) is 0 Å². The molecule has 0 aliphatic carbocycles. The van der Waals surface area contributed by atoms with E-state index < -0.39 is 12.1 Å². The van der Waals surface area contributed by atoms with Crippen molar-refractivity contribution in [3.63, 3.8) is 0 Å². The van der Waals surface area contributed by atoms with E-state index in [1.807, 2.05) is 6.08 Å². The Bertz CT molecular complexity index is 1510. The van der Waals surface area contributed by atoms with Crippen molar-refractivity contribution in [3.05, 3.63) is 122 Å². The molecule has 0 bridgehead atoms. The van der Waals surface area contributed by atoms with Gasteiger partial charge < -0.3 is 15.5 Å². The SMILES string of the molecule is CC/C=C\C/C=C\C/C=C\C/C=C\C/C=C\C/C=C\C/C=C\CCCCCCCCCCCCCCCCCCCCCC(=O)NC(CO)C(O)/C=C/CC/C=C/CC/C=C/CCCCCCCCCCCCCCCCC. The van der Waals surface area contributed by atoms with E-state index in [1.54, 1.807) is 6.08 Å². The van der Waals surface area contributed by atoms with Crippen molar-refractivity contribution >= 4 is 5.91 Å². The van der Waals surface area contributed by atoms with Crippen molar-refractivity contribution in [2.24, 2.45) is 0 Å². The van der Waals surface area contributed by atoms with Crippen LogP contribution in [0.15, 0.2) is 122 Å². The number of aliphatic hydroxyl groups is 2. The standard InChI is InChI=1S/C74H129NO3/c1-3-5-7-9-11-13-15-17-19-21-23-25-27-29-30-31-32-33-34-35-36-37-38-39-40-41-42-43-44-46-48-50-52-54-56-58-60-62-64-66-68-70-74(78)75-72(71-76)73(77)69-67-65-63-61-59-57-55-53-51-49-47-45-28-26-24-22-20-18-16-14-12-10-8-6-4-2/h5,7,11,13,17,19,23,25,29-30,32-33,35-36,51,53,59,61,67,69,72-73,76-77H,3-4,6,8-10,12,14-16,18,20-22,24,26-28,31,34,37-50,52,54-58,60,62-66,68,70-71H2,1-2H3,(H,75,78)/b7-5-,13-11-,19-17-,25-23-,30-29-,33-32-,36-35-,53-51+,61-59+,69-67+. The number of carbonyl (C=O) groups excluding carboxylic acids is 1. The number of rotatable bonds is 61. The van der Waals surface area contributed by atoms with Gasteiger partial charge in [0, 0.05) is 6.42 Å². The lowest BCUT2D eigenvalue weighted by Crippen LogP contribution is -2.45. The molecule has 0 saturated carbocycles. The molecule has 1 amide bonds. The highest BCUT2D eigenvalue weighted by Crippen LogP contribution is 2.17. The average molecular weight is 1080 g/mol. The zero-order chi connectivity index (χ0) is 56.2. The van der Waals surface area contributed by atoms with Gasteiger partial charge in [0.2, 0.25) is 5.91 Å². The quantitative estimate of drug-likeness (QED) is 0.0420. The van der Waals surface area contributed by atoms with Crippen LogP contribution in [-0.4, -0.2) is 34.9 Å². The Morgan fingerprint density at radius 1 is 0.321 bits per heavy atom. The first kappa shape index (κ1) is 74.8. The maximum atomic E-state index is 12.5. The van der Waals surface area contributed by atoms with E-state index >= 15 is 0 Å². The summed E-state index contributed by atoms with van der Waals surface area (Å²) in [6.45, 7) is 4.20. The largest absolute Gasteiger partial charge is 0.394 e. The van der Waals surface area contributed by atoms with Crippen LogP contribution in [0.4, 0.5) is 0 Å². The number of hydrogen-bond acceptors (Lipinski definition) is 3. The number of aliphatic hydroxyl groups excluding tert-OH is 2. The van der Waals surface area contributed by atoms with Crippen molar-refractivity contribution in [1.82, 2.24) is 5.32 Å². The van der Waals surface area contributed by atoms with Gasteiger partial charge in [-0.3, -0.25) is 4.79 Å². The molecule has 0 aromatic carbocycles. The predicted octanol–water partition coefficient (Wildman–Crippen LogP) is 23.2. The van der Waals surface area contributed by atoms with E-state index in [4.69, 9.17) is 0 Å². The summed E-state index contributed by atoms with van der Waals surface area (Å²) in [6.07, 6.45) is 104. The minimum absolute atomic E-state index is 0.0768. The molecule has 0 aliphatic rings. The summed E-state index contributed by atoms with van der Waals surface area (Å²) < 4.78 is 0. The summed E-state index contributed by atoms with van der Waals surface area (Å²) in [7, 11) is 0. The second kappa shape index (κ2) is 68.1. The van der Waals surface area contributed by atoms with Crippen molar-refractivity contribution in [2.45, 2.75) is 334 Å². The summed E-state index contributed by atoms with van der Waals surface area (Å²) in [6, 6.07) is -0.652. The number of carbonyl (C=O) groups is 1. The third-order valence-electron chi connectivity index (χ3n) is 14.9. The first-order valence-electron chi connectivity index (χ1n) is 33.7. The number of allylic oxidation sites excluding steroid dienone is 19. The number of hydrogen-bond donors (Lipinski definition) is 3. The van der Waals surface area contributed by atoms with Crippen molar-refractivity contribution < 1.29 is 15.0 Å². The highest BCUT2D eigenvalue weighted by atomic mass is 16.3. The van der Waals surface area contributed by atoms with Gasteiger partial charge in [-0.25, -0.2) is 0 Å². The van der Waals surface area contributed by atoms with Gasteiger partial charge in [-0.15, -0.1) is 0 Å². The Morgan fingerprint density at radius 3 is 0.897 bits per heavy atom. The molecule has 0 fully saturated rings. The Hall–Kier alpha value is -3.21. The van der Waals surface area contributed by atoms with Crippen molar-refractivity contribution in [3.8, 4) is 0 Å². The molecule has 0 saturated heterocycles. The fourth-order valence-electron chi connectivity index (χ4n) is 9.84. The second-order valence-corrected chi connectivity index (χ2v) is 22.5. The molecule has 0 heterocycles. The molecule has 0 aromatic rings. The van der Waals surface area contributed by atoms with E-state index in [0.717, 1.165) is 83.5 Å². The number of unbranched alkanes of at least 4 members (excludes halogenated alkanes) is 36. The van der Waals surface area contributed by atoms with Crippen LogP contribution in [0.1, 0.15) is 322 Å². The molecule has 0 radical (unpaired) electrons. The molecule has 0 spiro atoms. The third kappa shape index (κ3) is 63.6. The molecular weight excluding hydrogens is 951 g/mol.